The van der Waals surface area contributed by atoms with Crippen molar-refractivity contribution in [2.24, 2.45) is 5.92 Å². The molecule has 1 amide bonds. The molecule has 3 heteroatoms. The molecule has 1 saturated carbocycles. The molecule has 2 rings (SSSR count). The second-order valence-corrected chi connectivity index (χ2v) is 5.33. The van der Waals surface area contributed by atoms with Crippen LogP contribution in [0.2, 0.25) is 0 Å². The van der Waals surface area contributed by atoms with E-state index in [1.807, 2.05) is 25.1 Å². The molecule has 1 aromatic rings. The van der Waals surface area contributed by atoms with Crippen molar-refractivity contribution in [3.63, 3.8) is 0 Å². The van der Waals surface area contributed by atoms with Gasteiger partial charge < -0.3 is 10.6 Å². The number of benzene rings is 1. The monoisotopic (exact) mass is 260 g/mol. The number of hydrogen-bond acceptors (Lipinski definition) is 2. The average molecular weight is 260 g/mol. The van der Waals surface area contributed by atoms with E-state index in [0.29, 0.717) is 12.5 Å². The van der Waals surface area contributed by atoms with Gasteiger partial charge in [-0.3, -0.25) is 4.79 Å². The lowest BCUT2D eigenvalue weighted by molar-refractivity contribution is -0.115. The number of rotatable bonds is 5. The summed E-state index contributed by atoms with van der Waals surface area (Å²) in [6.07, 6.45) is 5.66. The summed E-state index contributed by atoms with van der Waals surface area (Å²) in [4.78, 5) is 11.4. The average Bonchev–Trinajstić information content (AvgIpc) is 2.86. The summed E-state index contributed by atoms with van der Waals surface area (Å²) in [5, 5.41) is 6.53. The lowest BCUT2D eigenvalue weighted by Gasteiger charge is -2.21. The third-order valence-electron chi connectivity index (χ3n) is 4.00. The van der Waals surface area contributed by atoms with Gasteiger partial charge in [-0.05, 0) is 37.0 Å². The normalized spacial score (nSPS) is 22.2. The minimum Gasteiger partial charge on any atom is -0.382 e. The topological polar surface area (TPSA) is 41.1 Å². The van der Waals surface area contributed by atoms with E-state index in [-0.39, 0.29) is 5.91 Å². The van der Waals surface area contributed by atoms with Crippen LogP contribution >= 0.6 is 0 Å². The first-order valence-electron chi connectivity index (χ1n) is 7.39. The van der Waals surface area contributed by atoms with Gasteiger partial charge in [0.1, 0.15) is 0 Å². The maximum Gasteiger partial charge on any atom is 0.224 e. The van der Waals surface area contributed by atoms with Crippen molar-refractivity contribution in [2.45, 2.75) is 52.0 Å². The van der Waals surface area contributed by atoms with Gasteiger partial charge in [-0.1, -0.05) is 32.8 Å². The summed E-state index contributed by atoms with van der Waals surface area (Å²) >= 11 is 0. The Balaban J connectivity index is 2.00. The van der Waals surface area contributed by atoms with Crippen molar-refractivity contribution in [3.8, 4) is 0 Å². The Morgan fingerprint density at radius 3 is 2.79 bits per heavy atom. The molecule has 1 fully saturated rings. The van der Waals surface area contributed by atoms with E-state index in [1.165, 1.54) is 25.7 Å². The Morgan fingerprint density at radius 2 is 2.05 bits per heavy atom. The molecule has 1 aromatic carbocycles. The molecule has 19 heavy (non-hydrogen) atoms. The minimum absolute atomic E-state index is 0.0597. The van der Waals surface area contributed by atoms with Crippen LogP contribution in [0.1, 0.15) is 46.0 Å². The van der Waals surface area contributed by atoms with Crippen molar-refractivity contribution >= 4 is 17.3 Å². The van der Waals surface area contributed by atoms with Crippen molar-refractivity contribution in [3.05, 3.63) is 24.3 Å². The Morgan fingerprint density at radius 1 is 1.26 bits per heavy atom. The lowest BCUT2D eigenvalue weighted by atomic mass is 10.0. The molecular weight excluding hydrogens is 236 g/mol. The Labute approximate surface area is 115 Å². The second-order valence-electron chi connectivity index (χ2n) is 5.33. The zero-order valence-corrected chi connectivity index (χ0v) is 11.9. The standard InChI is InChI=1S/C16H24N2O/c1-3-12-7-5-10-15(12)17-13-8-6-9-14(11-13)18-16(19)4-2/h6,8-9,11-12,15,17H,3-5,7,10H2,1-2H3,(H,18,19). The van der Waals surface area contributed by atoms with E-state index in [2.05, 4.69) is 23.6 Å². The van der Waals surface area contributed by atoms with Gasteiger partial charge in [0.25, 0.3) is 0 Å². The Bertz CT molecular complexity index is 431. The van der Waals surface area contributed by atoms with Crippen LogP contribution in [0.4, 0.5) is 11.4 Å². The van der Waals surface area contributed by atoms with Gasteiger partial charge in [-0.15, -0.1) is 0 Å². The SMILES string of the molecule is CCC(=O)Nc1cccc(NC2CCCC2CC)c1. The van der Waals surface area contributed by atoms with Gasteiger partial charge >= 0.3 is 0 Å². The molecule has 1 aliphatic rings. The van der Waals surface area contributed by atoms with Crippen LogP contribution in [0.15, 0.2) is 24.3 Å². The summed E-state index contributed by atoms with van der Waals surface area (Å²) in [5.74, 6) is 0.846. The molecule has 0 radical (unpaired) electrons. The maximum atomic E-state index is 11.4. The molecular formula is C16H24N2O. The highest BCUT2D eigenvalue weighted by Gasteiger charge is 2.25. The van der Waals surface area contributed by atoms with Crippen LogP contribution in [-0.4, -0.2) is 11.9 Å². The fourth-order valence-corrected chi connectivity index (χ4v) is 2.87. The number of anilines is 2. The zero-order valence-electron chi connectivity index (χ0n) is 11.9. The van der Waals surface area contributed by atoms with E-state index in [1.54, 1.807) is 0 Å². The molecule has 1 aliphatic carbocycles. The first kappa shape index (κ1) is 13.9. The lowest BCUT2D eigenvalue weighted by Crippen LogP contribution is -2.23. The fourth-order valence-electron chi connectivity index (χ4n) is 2.87. The molecule has 2 atom stereocenters. The third-order valence-corrected chi connectivity index (χ3v) is 4.00. The quantitative estimate of drug-likeness (QED) is 0.839. The van der Waals surface area contributed by atoms with E-state index in [4.69, 9.17) is 0 Å². The van der Waals surface area contributed by atoms with Gasteiger partial charge in [0, 0.05) is 23.8 Å². The van der Waals surface area contributed by atoms with Crippen LogP contribution in [0.25, 0.3) is 0 Å². The third kappa shape index (κ3) is 3.72. The van der Waals surface area contributed by atoms with E-state index >= 15 is 0 Å². The van der Waals surface area contributed by atoms with Gasteiger partial charge in [0.05, 0.1) is 0 Å². The second kappa shape index (κ2) is 6.60. The van der Waals surface area contributed by atoms with Crippen molar-refractivity contribution in [1.82, 2.24) is 0 Å². The van der Waals surface area contributed by atoms with Crippen molar-refractivity contribution in [1.29, 1.82) is 0 Å². The molecule has 0 saturated heterocycles. The summed E-state index contributed by atoms with van der Waals surface area (Å²) in [7, 11) is 0. The number of carbonyl (C=O) groups excluding carboxylic acids is 1. The number of hydrogen-bond donors (Lipinski definition) is 2. The summed E-state index contributed by atoms with van der Waals surface area (Å²) < 4.78 is 0. The Kier molecular flexibility index (Phi) is 4.83. The van der Waals surface area contributed by atoms with Crippen LogP contribution in [-0.2, 0) is 4.79 Å². The molecule has 0 heterocycles. The molecule has 3 nitrogen and oxygen atoms in total. The van der Waals surface area contributed by atoms with Gasteiger partial charge in [0.2, 0.25) is 5.91 Å². The number of amides is 1. The summed E-state index contributed by atoms with van der Waals surface area (Å²) in [6.45, 7) is 4.13. The molecule has 2 unspecified atom stereocenters. The van der Waals surface area contributed by atoms with Gasteiger partial charge in [0.15, 0.2) is 0 Å². The predicted octanol–water partition coefficient (Wildman–Crippen LogP) is 4.03. The molecule has 2 N–H and O–H groups in total. The summed E-state index contributed by atoms with van der Waals surface area (Å²) in [6, 6.07) is 8.61. The molecule has 0 aliphatic heterocycles. The van der Waals surface area contributed by atoms with Crippen LogP contribution in [0.3, 0.4) is 0 Å². The maximum absolute atomic E-state index is 11.4. The zero-order chi connectivity index (χ0) is 13.7. The largest absolute Gasteiger partial charge is 0.382 e. The summed E-state index contributed by atoms with van der Waals surface area (Å²) in [5.41, 5.74) is 1.99. The fraction of sp³-hybridized carbons (Fsp3) is 0.562. The minimum atomic E-state index is 0.0597. The van der Waals surface area contributed by atoms with Crippen molar-refractivity contribution < 1.29 is 4.79 Å². The van der Waals surface area contributed by atoms with Crippen LogP contribution in [0, 0.1) is 5.92 Å². The number of nitrogens with one attached hydrogen (secondary N) is 2. The smallest absolute Gasteiger partial charge is 0.224 e. The van der Waals surface area contributed by atoms with E-state index < -0.39 is 0 Å². The van der Waals surface area contributed by atoms with E-state index in [0.717, 1.165) is 17.3 Å². The molecule has 104 valence electrons. The number of carbonyl (C=O) groups is 1. The first-order valence-corrected chi connectivity index (χ1v) is 7.39. The van der Waals surface area contributed by atoms with Crippen molar-refractivity contribution in [2.75, 3.05) is 10.6 Å². The predicted molar refractivity (Wildman–Crippen MR) is 80.4 cm³/mol. The van der Waals surface area contributed by atoms with Crippen LogP contribution < -0.4 is 10.6 Å². The molecule has 0 spiro atoms. The highest BCUT2D eigenvalue weighted by Crippen LogP contribution is 2.31. The van der Waals surface area contributed by atoms with Gasteiger partial charge in [-0.25, -0.2) is 0 Å². The van der Waals surface area contributed by atoms with Crippen LogP contribution in [0.5, 0.6) is 0 Å². The van der Waals surface area contributed by atoms with E-state index in [9.17, 15) is 4.79 Å². The molecule has 0 bridgehead atoms. The highest BCUT2D eigenvalue weighted by molar-refractivity contribution is 5.90. The highest BCUT2D eigenvalue weighted by atomic mass is 16.1. The van der Waals surface area contributed by atoms with Gasteiger partial charge in [-0.2, -0.15) is 0 Å². The molecule has 0 aromatic heterocycles. The Hall–Kier alpha value is -1.51. The first-order chi connectivity index (χ1) is 9.22.